The molecule has 5 heterocycles. The summed E-state index contributed by atoms with van der Waals surface area (Å²) in [5.41, 5.74) is 14.3. The van der Waals surface area contributed by atoms with E-state index in [0.717, 1.165) is 40.6 Å². The molecule has 154 valence electrons. The van der Waals surface area contributed by atoms with E-state index in [0.29, 0.717) is 24.9 Å². The number of aromatic nitrogens is 5. The van der Waals surface area contributed by atoms with Gasteiger partial charge in [-0.2, -0.15) is 0 Å². The van der Waals surface area contributed by atoms with Crippen LogP contribution in [-0.4, -0.2) is 51.2 Å². The van der Waals surface area contributed by atoms with Crippen LogP contribution >= 0.6 is 11.8 Å². The minimum absolute atomic E-state index is 0.187. The number of nitrogens with zero attached hydrogens (tertiary/aromatic N) is 6. The van der Waals surface area contributed by atoms with Crippen molar-refractivity contribution >= 4 is 29.3 Å². The Balaban J connectivity index is 1.60. The average molecular weight is 423 g/mol. The SMILES string of the molecule is CC1c2nc(-c3cnc(N)nc3)nc(N3CCOCC3)c2SC1c1ccc(N)nc1. The lowest BCUT2D eigenvalue weighted by Crippen LogP contribution is -2.37. The smallest absolute Gasteiger partial charge is 0.219 e. The van der Waals surface area contributed by atoms with Gasteiger partial charge in [-0.05, 0) is 11.6 Å². The molecule has 0 radical (unpaired) electrons. The highest BCUT2D eigenvalue weighted by Crippen LogP contribution is 2.56. The summed E-state index contributed by atoms with van der Waals surface area (Å²) in [6.45, 7) is 5.16. The van der Waals surface area contributed by atoms with Crippen LogP contribution in [0.2, 0.25) is 0 Å². The Bertz CT molecular complexity index is 1050. The van der Waals surface area contributed by atoms with Crippen LogP contribution in [0.4, 0.5) is 17.6 Å². The van der Waals surface area contributed by atoms with Gasteiger partial charge in [-0.3, -0.25) is 0 Å². The van der Waals surface area contributed by atoms with E-state index in [2.05, 4.69) is 26.8 Å². The van der Waals surface area contributed by atoms with Crippen molar-refractivity contribution in [2.24, 2.45) is 0 Å². The fourth-order valence-electron chi connectivity index (χ4n) is 3.76. The maximum Gasteiger partial charge on any atom is 0.219 e. The van der Waals surface area contributed by atoms with Gasteiger partial charge in [-0.1, -0.05) is 13.0 Å². The largest absolute Gasteiger partial charge is 0.384 e. The van der Waals surface area contributed by atoms with E-state index in [-0.39, 0.29) is 17.1 Å². The lowest BCUT2D eigenvalue weighted by atomic mass is 9.98. The third-order valence-corrected chi connectivity index (χ3v) is 6.94. The molecule has 2 atom stereocenters. The minimum atomic E-state index is 0.187. The van der Waals surface area contributed by atoms with Gasteiger partial charge in [0.1, 0.15) is 11.6 Å². The Hall–Kier alpha value is -2.98. The first-order valence-electron chi connectivity index (χ1n) is 9.81. The number of fused-ring (bicyclic) bond motifs is 1. The highest BCUT2D eigenvalue weighted by atomic mass is 32.2. The van der Waals surface area contributed by atoms with Gasteiger partial charge in [-0.25, -0.2) is 24.9 Å². The second-order valence-corrected chi connectivity index (χ2v) is 8.51. The van der Waals surface area contributed by atoms with Crippen molar-refractivity contribution < 1.29 is 4.74 Å². The highest BCUT2D eigenvalue weighted by molar-refractivity contribution is 8.00. The quantitative estimate of drug-likeness (QED) is 0.648. The second-order valence-electron chi connectivity index (χ2n) is 7.36. The molecule has 0 spiro atoms. The maximum absolute atomic E-state index is 5.78. The fraction of sp³-hybridized carbons (Fsp3) is 0.350. The molecule has 2 unspecified atom stereocenters. The molecule has 0 bridgehead atoms. The third-order valence-electron chi connectivity index (χ3n) is 5.38. The van der Waals surface area contributed by atoms with Gasteiger partial charge in [0.2, 0.25) is 5.95 Å². The van der Waals surface area contributed by atoms with Crippen LogP contribution in [0.15, 0.2) is 35.6 Å². The number of nitrogens with two attached hydrogens (primary N) is 2. The number of hydrogen-bond acceptors (Lipinski definition) is 10. The summed E-state index contributed by atoms with van der Waals surface area (Å²) < 4.78 is 5.55. The molecule has 0 aliphatic carbocycles. The Kier molecular flexibility index (Phi) is 4.87. The van der Waals surface area contributed by atoms with Crippen LogP contribution < -0.4 is 16.4 Å². The van der Waals surface area contributed by atoms with E-state index in [1.807, 2.05) is 18.3 Å². The van der Waals surface area contributed by atoms with E-state index in [4.69, 9.17) is 26.2 Å². The summed E-state index contributed by atoms with van der Waals surface area (Å²) in [4.78, 5) is 25.7. The molecule has 0 aromatic carbocycles. The summed E-state index contributed by atoms with van der Waals surface area (Å²) in [6.07, 6.45) is 5.19. The summed E-state index contributed by atoms with van der Waals surface area (Å²) in [5, 5.41) is 0.195. The Morgan fingerprint density at radius 1 is 1.03 bits per heavy atom. The van der Waals surface area contributed by atoms with Crippen molar-refractivity contribution in [3.63, 3.8) is 0 Å². The number of thioether (sulfide) groups is 1. The molecular weight excluding hydrogens is 400 g/mol. The molecule has 1 fully saturated rings. The predicted octanol–water partition coefficient (Wildman–Crippen LogP) is 2.28. The molecule has 30 heavy (non-hydrogen) atoms. The number of morpholine rings is 1. The molecule has 1 saturated heterocycles. The standard InChI is InChI=1S/C20H22N8OS/c1-11-15-17(30-16(11)12-2-3-14(21)23-8-12)19(28-4-6-29-7-5-28)27-18(26-15)13-9-24-20(22)25-10-13/h2-3,8-11,16H,4-7H2,1H3,(H2,21,23)(H2,22,24,25). The van der Waals surface area contributed by atoms with Gasteiger partial charge in [0, 0.05) is 42.8 Å². The molecular formula is C20H22N8OS. The minimum Gasteiger partial charge on any atom is -0.384 e. The molecule has 10 heteroatoms. The van der Waals surface area contributed by atoms with Gasteiger partial charge in [-0.15, -0.1) is 11.8 Å². The van der Waals surface area contributed by atoms with E-state index in [1.54, 1.807) is 24.2 Å². The van der Waals surface area contributed by atoms with Crippen LogP contribution in [0.5, 0.6) is 0 Å². The number of nitrogen functional groups attached to an aromatic ring is 2. The first kappa shape index (κ1) is 19.0. The molecule has 0 saturated carbocycles. The zero-order chi connectivity index (χ0) is 20.7. The molecule has 0 amide bonds. The van der Waals surface area contributed by atoms with Crippen LogP contribution in [0, 0.1) is 0 Å². The number of pyridine rings is 1. The number of rotatable bonds is 3. The van der Waals surface area contributed by atoms with Gasteiger partial charge < -0.3 is 21.1 Å². The number of ether oxygens (including phenoxy) is 1. The summed E-state index contributed by atoms with van der Waals surface area (Å²) >= 11 is 1.79. The topological polar surface area (TPSA) is 129 Å². The van der Waals surface area contributed by atoms with Crippen LogP contribution in [0.3, 0.4) is 0 Å². The Morgan fingerprint density at radius 3 is 2.50 bits per heavy atom. The van der Waals surface area contributed by atoms with E-state index >= 15 is 0 Å². The molecule has 2 aliphatic rings. The summed E-state index contributed by atoms with van der Waals surface area (Å²) in [5.74, 6) is 2.49. The number of anilines is 3. The maximum atomic E-state index is 5.78. The van der Waals surface area contributed by atoms with E-state index in [9.17, 15) is 0 Å². The van der Waals surface area contributed by atoms with Crippen molar-refractivity contribution in [3.05, 3.63) is 42.0 Å². The van der Waals surface area contributed by atoms with E-state index < -0.39 is 0 Å². The lowest BCUT2D eigenvalue weighted by Gasteiger charge is -2.29. The van der Waals surface area contributed by atoms with Gasteiger partial charge in [0.05, 0.1) is 29.4 Å². The monoisotopic (exact) mass is 422 g/mol. The number of hydrogen-bond donors (Lipinski definition) is 2. The molecule has 3 aromatic rings. The average Bonchev–Trinajstić information content (AvgIpc) is 3.11. The first-order chi connectivity index (χ1) is 14.6. The van der Waals surface area contributed by atoms with Crippen LogP contribution in [-0.2, 0) is 4.74 Å². The third kappa shape index (κ3) is 3.41. The van der Waals surface area contributed by atoms with Crippen molar-refractivity contribution in [1.82, 2.24) is 24.9 Å². The first-order valence-corrected chi connectivity index (χ1v) is 10.7. The van der Waals surface area contributed by atoms with Crippen molar-refractivity contribution in [2.75, 3.05) is 42.7 Å². The molecule has 4 N–H and O–H groups in total. The predicted molar refractivity (Wildman–Crippen MR) is 116 cm³/mol. The molecule has 9 nitrogen and oxygen atoms in total. The zero-order valence-corrected chi connectivity index (χ0v) is 17.3. The lowest BCUT2D eigenvalue weighted by molar-refractivity contribution is 0.122. The van der Waals surface area contributed by atoms with Crippen LogP contribution in [0.25, 0.3) is 11.4 Å². The highest BCUT2D eigenvalue weighted by Gasteiger charge is 2.37. The van der Waals surface area contributed by atoms with Crippen LogP contribution in [0.1, 0.15) is 29.3 Å². The second kappa shape index (κ2) is 7.69. The normalized spacial score (nSPS) is 20.9. The van der Waals surface area contributed by atoms with Gasteiger partial charge in [0.15, 0.2) is 5.82 Å². The summed E-state index contributed by atoms with van der Waals surface area (Å²) in [6, 6.07) is 3.89. The van der Waals surface area contributed by atoms with Crippen molar-refractivity contribution in [3.8, 4) is 11.4 Å². The Morgan fingerprint density at radius 2 is 1.80 bits per heavy atom. The van der Waals surface area contributed by atoms with E-state index in [1.165, 1.54) is 0 Å². The van der Waals surface area contributed by atoms with Crippen molar-refractivity contribution in [2.45, 2.75) is 23.0 Å². The fourth-order valence-corrected chi connectivity index (χ4v) is 5.26. The summed E-state index contributed by atoms with van der Waals surface area (Å²) in [7, 11) is 0. The van der Waals surface area contributed by atoms with Gasteiger partial charge >= 0.3 is 0 Å². The van der Waals surface area contributed by atoms with Crippen molar-refractivity contribution in [1.29, 1.82) is 0 Å². The Labute approximate surface area is 178 Å². The van der Waals surface area contributed by atoms with Gasteiger partial charge in [0.25, 0.3) is 0 Å². The molecule has 3 aromatic heterocycles. The molecule has 2 aliphatic heterocycles. The zero-order valence-electron chi connectivity index (χ0n) is 16.5. The molecule has 5 rings (SSSR count).